The van der Waals surface area contributed by atoms with E-state index in [0.717, 1.165) is 11.6 Å². The van der Waals surface area contributed by atoms with Gasteiger partial charge in [-0.05, 0) is 36.4 Å². The maximum absolute atomic E-state index is 12.5. The van der Waals surface area contributed by atoms with E-state index in [4.69, 9.17) is 5.41 Å². The second-order valence-corrected chi connectivity index (χ2v) is 8.38. The second-order valence-electron chi connectivity index (χ2n) is 6.63. The Labute approximate surface area is 176 Å². The van der Waals surface area contributed by atoms with Gasteiger partial charge in [0.2, 0.25) is 10.0 Å². The fourth-order valence-electron chi connectivity index (χ4n) is 2.73. The minimum Gasteiger partial charge on any atom is -0.340 e. The van der Waals surface area contributed by atoms with Gasteiger partial charge in [-0.2, -0.15) is 13.2 Å². The van der Waals surface area contributed by atoms with Crippen LogP contribution in [0, 0.1) is 5.41 Å². The van der Waals surface area contributed by atoms with E-state index < -0.39 is 21.9 Å². The zero-order valence-electron chi connectivity index (χ0n) is 16.2. The van der Waals surface area contributed by atoms with Gasteiger partial charge in [0.15, 0.2) is 0 Å². The van der Waals surface area contributed by atoms with Crippen molar-refractivity contribution in [2.75, 3.05) is 16.3 Å². The summed E-state index contributed by atoms with van der Waals surface area (Å²) in [5.74, 6) is 0.452. The van der Waals surface area contributed by atoms with Crippen molar-refractivity contribution in [1.29, 1.82) is 5.41 Å². The summed E-state index contributed by atoms with van der Waals surface area (Å²) in [4.78, 5) is 4.51. The molecule has 0 aliphatic heterocycles. The number of allylic oxidation sites excluding steroid dienone is 1. The smallest absolute Gasteiger partial charge is 0.340 e. The topological polar surface area (TPSA) is 112 Å². The summed E-state index contributed by atoms with van der Waals surface area (Å²) in [6.45, 7) is 0. The summed E-state index contributed by atoms with van der Waals surface area (Å²) >= 11 is 0. The summed E-state index contributed by atoms with van der Waals surface area (Å²) in [5.41, 5.74) is 0.860. The molecule has 0 aliphatic carbocycles. The molecule has 0 bridgehead atoms. The Bertz CT molecular complexity index is 1240. The Morgan fingerprint density at radius 1 is 1.10 bits per heavy atom. The van der Waals surface area contributed by atoms with Gasteiger partial charge in [-0.1, -0.05) is 12.1 Å². The number of alkyl halides is 3. The zero-order valence-corrected chi connectivity index (χ0v) is 17.1. The van der Waals surface area contributed by atoms with Crippen LogP contribution in [0.5, 0.6) is 0 Å². The van der Waals surface area contributed by atoms with Crippen LogP contribution in [0.2, 0.25) is 0 Å². The van der Waals surface area contributed by atoms with Gasteiger partial charge in [0, 0.05) is 23.5 Å². The third-order valence-corrected chi connectivity index (χ3v) is 4.66. The number of nitrogens with zero attached hydrogens (tertiary/aromatic N) is 1. The summed E-state index contributed by atoms with van der Waals surface area (Å²) in [6, 6.07) is 15.3. The normalized spacial score (nSPS) is 12.3. The molecule has 1 heterocycles. The van der Waals surface area contributed by atoms with Crippen LogP contribution >= 0.6 is 0 Å². The van der Waals surface area contributed by atoms with E-state index in [1.54, 1.807) is 54.6 Å². The number of anilines is 3. The molecule has 5 N–H and O–H groups in total. The maximum Gasteiger partial charge on any atom is 0.432 e. The van der Waals surface area contributed by atoms with Crippen molar-refractivity contribution in [3.63, 3.8) is 0 Å². The fourth-order valence-corrected chi connectivity index (χ4v) is 3.29. The molecule has 162 valence electrons. The SMILES string of the molecule is CS(=O)(=O)Nc1ccc(Nc2cc([NH2+]/C=C\C(=N)C(F)(F)F)c3ccccc3n2)cc1. The van der Waals surface area contributed by atoms with Crippen molar-refractivity contribution in [1.82, 2.24) is 4.98 Å². The minimum atomic E-state index is -4.70. The molecule has 0 amide bonds. The number of hydrogen-bond donors (Lipinski definition) is 4. The summed E-state index contributed by atoms with van der Waals surface area (Å²) in [5, 5.41) is 12.3. The number of benzene rings is 2. The first-order valence-corrected chi connectivity index (χ1v) is 10.8. The third-order valence-electron chi connectivity index (χ3n) is 4.05. The van der Waals surface area contributed by atoms with E-state index >= 15 is 0 Å². The number of hydrogen-bond acceptors (Lipinski definition) is 5. The van der Waals surface area contributed by atoms with Crippen LogP contribution in [-0.4, -0.2) is 31.5 Å². The Morgan fingerprint density at radius 3 is 2.39 bits per heavy atom. The highest BCUT2D eigenvalue weighted by atomic mass is 32.2. The van der Waals surface area contributed by atoms with Gasteiger partial charge in [0.05, 0.1) is 23.4 Å². The average molecular weight is 450 g/mol. The molecule has 2 aromatic carbocycles. The third kappa shape index (κ3) is 6.27. The molecule has 0 aliphatic rings. The van der Waals surface area contributed by atoms with E-state index in [0.29, 0.717) is 34.5 Å². The van der Waals surface area contributed by atoms with Gasteiger partial charge >= 0.3 is 6.18 Å². The van der Waals surface area contributed by atoms with Gasteiger partial charge in [-0.25, -0.2) is 13.4 Å². The molecule has 0 spiro atoms. The van der Waals surface area contributed by atoms with Crippen molar-refractivity contribution in [3.05, 3.63) is 66.9 Å². The number of fused-ring (bicyclic) bond motifs is 1. The lowest BCUT2D eigenvalue weighted by atomic mass is 10.2. The molecule has 0 unspecified atom stereocenters. The van der Waals surface area contributed by atoms with Crippen LogP contribution in [0.25, 0.3) is 10.9 Å². The number of para-hydroxylation sites is 1. The molecule has 3 aromatic rings. The van der Waals surface area contributed by atoms with Crippen LogP contribution in [-0.2, 0) is 10.0 Å². The van der Waals surface area contributed by atoms with Crippen LogP contribution in [0.3, 0.4) is 0 Å². The predicted molar refractivity (Wildman–Crippen MR) is 114 cm³/mol. The van der Waals surface area contributed by atoms with Crippen LogP contribution in [0.4, 0.5) is 36.1 Å². The van der Waals surface area contributed by atoms with E-state index in [1.165, 1.54) is 11.5 Å². The fraction of sp³-hybridized carbons (Fsp3) is 0.100. The van der Waals surface area contributed by atoms with Crippen molar-refractivity contribution in [3.8, 4) is 0 Å². The predicted octanol–water partition coefficient (Wildman–Crippen LogP) is 3.64. The highest BCUT2D eigenvalue weighted by molar-refractivity contribution is 7.92. The van der Waals surface area contributed by atoms with Crippen LogP contribution < -0.4 is 15.4 Å². The number of quaternary nitrogens is 1. The molecule has 31 heavy (non-hydrogen) atoms. The Morgan fingerprint density at radius 2 is 1.74 bits per heavy atom. The molecule has 0 saturated heterocycles. The molecule has 0 fully saturated rings. The van der Waals surface area contributed by atoms with E-state index in [-0.39, 0.29) is 0 Å². The Balaban J connectivity index is 1.85. The lowest BCUT2D eigenvalue weighted by Crippen LogP contribution is -2.71. The Kier molecular flexibility index (Phi) is 6.27. The van der Waals surface area contributed by atoms with E-state index in [1.807, 2.05) is 0 Å². The monoisotopic (exact) mass is 450 g/mol. The second kappa shape index (κ2) is 8.74. The first kappa shape index (κ1) is 22.2. The first-order chi connectivity index (χ1) is 14.5. The van der Waals surface area contributed by atoms with Crippen molar-refractivity contribution in [2.45, 2.75) is 6.18 Å². The standard InChI is InChI=1S/C20H18F3N5O2S/c1-31(29,30)28-14-8-6-13(7-9-14)26-19-12-17(15-4-2-3-5-16(15)27-19)25-11-10-18(24)20(21,22)23/h2-12,24,28H,1H3,(H2,25,26,27)/p+1/b11-10-,24-18?. The number of rotatable bonds is 7. The summed E-state index contributed by atoms with van der Waals surface area (Å²) in [7, 11) is -3.38. The number of aromatic nitrogens is 1. The van der Waals surface area contributed by atoms with Gasteiger partial charge in [0.1, 0.15) is 17.2 Å². The Hall–Kier alpha value is -3.44. The van der Waals surface area contributed by atoms with Crippen molar-refractivity contribution in [2.24, 2.45) is 0 Å². The number of halogens is 3. The molecule has 0 saturated carbocycles. The van der Waals surface area contributed by atoms with Gasteiger partial charge in [0.25, 0.3) is 0 Å². The molecule has 0 radical (unpaired) electrons. The zero-order chi connectivity index (χ0) is 22.6. The molecule has 1 aromatic heterocycles. The molecular formula is C20H19F3N5O2S+. The molecule has 0 atom stereocenters. The summed E-state index contributed by atoms with van der Waals surface area (Å²) in [6.07, 6.45) is -1.78. The van der Waals surface area contributed by atoms with E-state index in [2.05, 4.69) is 15.0 Å². The molecule has 11 heteroatoms. The number of sulfonamides is 1. The van der Waals surface area contributed by atoms with E-state index in [9.17, 15) is 21.6 Å². The lowest BCUT2D eigenvalue weighted by Gasteiger charge is -2.10. The highest BCUT2D eigenvalue weighted by Gasteiger charge is 2.32. The van der Waals surface area contributed by atoms with Gasteiger partial charge in [-0.3, -0.25) is 15.4 Å². The maximum atomic E-state index is 12.5. The average Bonchev–Trinajstić information content (AvgIpc) is 2.67. The van der Waals surface area contributed by atoms with Crippen molar-refractivity contribution >= 4 is 49.5 Å². The molecule has 7 nitrogen and oxygen atoms in total. The lowest BCUT2D eigenvalue weighted by molar-refractivity contribution is -0.494. The highest BCUT2D eigenvalue weighted by Crippen LogP contribution is 2.25. The minimum absolute atomic E-state index is 0.408. The number of nitrogens with two attached hydrogens (primary N) is 1. The largest absolute Gasteiger partial charge is 0.432 e. The molecular weight excluding hydrogens is 431 g/mol. The first-order valence-electron chi connectivity index (χ1n) is 8.93. The number of pyridine rings is 1. The number of nitrogens with one attached hydrogen (secondary N) is 3. The molecule has 3 rings (SSSR count). The van der Waals surface area contributed by atoms with Crippen molar-refractivity contribution < 1.29 is 26.9 Å². The van der Waals surface area contributed by atoms with Gasteiger partial charge in [-0.15, -0.1) is 0 Å². The quantitative estimate of drug-likeness (QED) is 0.412. The summed E-state index contributed by atoms with van der Waals surface area (Å²) < 4.78 is 62.5. The van der Waals surface area contributed by atoms with Crippen LogP contribution in [0.15, 0.2) is 66.9 Å². The van der Waals surface area contributed by atoms with Crippen LogP contribution in [0.1, 0.15) is 0 Å². The van der Waals surface area contributed by atoms with Gasteiger partial charge < -0.3 is 5.32 Å².